The summed E-state index contributed by atoms with van der Waals surface area (Å²) in [5, 5.41) is 2.86. The van der Waals surface area contributed by atoms with E-state index in [1.54, 1.807) is 0 Å². The molecule has 6 heteroatoms. The summed E-state index contributed by atoms with van der Waals surface area (Å²) < 4.78 is 10.1. The number of hydrogen-bond acceptors (Lipinski definition) is 4. The number of carbonyl (C=O) groups is 2. The van der Waals surface area contributed by atoms with Crippen molar-refractivity contribution in [1.82, 2.24) is 10.2 Å². The third-order valence-electron chi connectivity index (χ3n) is 3.49. The van der Waals surface area contributed by atoms with E-state index in [2.05, 4.69) is 10.1 Å². The Bertz CT molecular complexity index is 315. The molecule has 2 aliphatic heterocycles. The maximum absolute atomic E-state index is 12.0. The summed E-state index contributed by atoms with van der Waals surface area (Å²) in [6, 6.07) is -0.390. The van der Waals surface area contributed by atoms with Gasteiger partial charge in [-0.05, 0) is 25.7 Å². The fraction of sp³-hybridized carbons (Fsp3) is 0.833. The Morgan fingerprint density at radius 3 is 2.89 bits per heavy atom. The van der Waals surface area contributed by atoms with Crippen LogP contribution >= 0.6 is 0 Å². The van der Waals surface area contributed by atoms with Crippen LogP contribution in [0.25, 0.3) is 0 Å². The number of nitrogens with zero attached hydrogens (tertiary/aromatic N) is 1. The Balaban J connectivity index is 1.81. The molecular formula is C12H20N2O4. The number of rotatable bonds is 3. The normalized spacial score (nSPS) is 27.3. The van der Waals surface area contributed by atoms with Gasteiger partial charge in [-0.2, -0.15) is 0 Å². The first kappa shape index (κ1) is 13.1. The lowest BCUT2D eigenvalue weighted by Crippen LogP contribution is -2.47. The first-order valence-electron chi connectivity index (χ1n) is 6.46. The molecule has 0 aromatic heterocycles. The Morgan fingerprint density at radius 2 is 2.22 bits per heavy atom. The van der Waals surface area contributed by atoms with Crippen molar-refractivity contribution in [2.75, 3.05) is 26.8 Å². The number of hydrogen-bond donors (Lipinski definition) is 1. The molecule has 2 heterocycles. The Morgan fingerprint density at radius 1 is 1.39 bits per heavy atom. The van der Waals surface area contributed by atoms with E-state index in [4.69, 9.17) is 4.74 Å². The molecule has 18 heavy (non-hydrogen) atoms. The van der Waals surface area contributed by atoms with E-state index in [0.29, 0.717) is 19.5 Å². The van der Waals surface area contributed by atoms with E-state index in [-0.39, 0.29) is 18.1 Å². The minimum Gasteiger partial charge on any atom is -0.453 e. The van der Waals surface area contributed by atoms with Crippen LogP contribution in [0.2, 0.25) is 0 Å². The Labute approximate surface area is 107 Å². The smallest absolute Gasteiger partial charge is 0.410 e. The predicted molar refractivity (Wildman–Crippen MR) is 64.1 cm³/mol. The molecule has 0 radical (unpaired) electrons. The molecule has 0 spiro atoms. The fourth-order valence-electron chi connectivity index (χ4n) is 2.51. The predicted octanol–water partition coefficient (Wildman–Crippen LogP) is 0.512. The van der Waals surface area contributed by atoms with Crippen molar-refractivity contribution < 1.29 is 19.1 Å². The van der Waals surface area contributed by atoms with Gasteiger partial charge in [0.15, 0.2) is 0 Å². The summed E-state index contributed by atoms with van der Waals surface area (Å²) in [5.74, 6) is -0.103. The minimum absolute atomic E-state index is 0.103. The zero-order valence-corrected chi connectivity index (χ0v) is 10.7. The van der Waals surface area contributed by atoms with E-state index < -0.39 is 6.09 Å². The Kier molecular flexibility index (Phi) is 4.41. The molecule has 0 aromatic rings. The molecular weight excluding hydrogens is 236 g/mol. The number of nitrogens with one attached hydrogen (secondary N) is 1. The Hall–Kier alpha value is -1.30. The van der Waals surface area contributed by atoms with Crippen LogP contribution in [0, 0.1) is 0 Å². The molecule has 1 N–H and O–H groups in total. The number of likely N-dealkylation sites (tertiary alicyclic amines) is 1. The van der Waals surface area contributed by atoms with Gasteiger partial charge in [-0.1, -0.05) is 0 Å². The van der Waals surface area contributed by atoms with Crippen molar-refractivity contribution >= 4 is 12.0 Å². The summed E-state index contributed by atoms with van der Waals surface area (Å²) >= 11 is 0. The molecule has 0 bridgehead atoms. The van der Waals surface area contributed by atoms with Crippen molar-refractivity contribution in [3.63, 3.8) is 0 Å². The highest BCUT2D eigenvalue weighted by molar-refractivity contribution is 5.86. The molecule has 0 aromatic carbocycles. The van der Waals surface area contributed by atoms with Crippen molar-refractivity contribution in [1.29, 1.82) is 0 Å². The molecule has 102 valence electrons. The van der Waals surface area contributed by atoms with E-state index >= 15 is 0 Å². The van der Waals surface area contributed by atoms with Gasteiger partial charge >= 0.3 is 6.09 Å². The van der Waals surface area contributed by atoms with Gasteiger partial charge in [0, 0.05) is 19.7 Å². The highest BCUT2D eigenvalue weighted by Gasteiger charge is 2.34. The van der Waals surface area contributed by atoms with Crippen molar-refractivity contribution in [2.24, 2.45) is 0 Å². The molecule has 2 saturated heterocycles. The molecule has 2 fully saturated rings. The van der Waals surface area contributed by atoms with Gasteiger partial charge in [-0.15, -0.1) is 0 Å². The van der Waals surface area contributed by atoms with Crippen LogP contribution in [0.1, 0.15) is 25.7 Å². The highest BCUT2D eigenvalue weighted by atomic mass is 16.5. The van der Waals surface area contributed by atoms with E-state index in [9.17, 15) is 9.59 Å². The third kappa shape index (κ3) is 2.93. The van der Waals surface area contributed by atoms with E-state index in [1.165, 1.54) is 12.0 Å². The van der Waals surface area contributed by atoms with Gasteiger partial charge in [0.25, 0.3) is 0 Å². The van der Waals surface area contributed by atoms with E-state index in [0.717, 1.165) is 25.9 Å². The van der Waals surface area contributed by atoms with Gasteiger partial charge in [0.1, 0.15) is 6.04 Å². The SMILES string of the molecule is COC(=O)N1CCCC1C(=O)NCC1CCCO1. The molecule has 0 saturated carbocycles. The van der Waals surface area contributed by atoms with Gasteiger partial charge < -0.3 is 14.8 Å². The average molecular weight is 256 g/mol. The van der Waals surface area contributed by atoms with Crippen molar-refractivity contribution in [2.45, 2.75) is 37.8 Å². The lowest BCUT2D eigenvalue weighted by atomic mass is 10.2. The fourth-order valence-corrected chi connectivity index (χ4v) is 2.51. The lowest BCUT2D eigenvalue weighted by molar-refractivity contribution is -0.125. The standard InChI is InChI=1S/C12H20N2O4/c1-17-12(16)14-6-2-5-10(14)11(15)13-8-9-4-3-7-18-9/h9-10H,2-8H2,1H3,(H,13,15). The van der Waals surface area contributed by atoms with Crippen LogP contribution in [0.15, 0.2) is 0 Å². The second-order valence-corrected chi connectivity index (χ2v) is 4.70. The van der Waals surface area contributed by atoms with Crippen molar-refractivity contribution in [3.05, 3.63) is 0 Å². The molecule has 2 atom stereocenters. The number of carbonyl (C=O) groups excluding carboxylic acids is 2. The average Bonchev–Trinajstić information content (AvgIpc) is 3.05. The summed E-state index contributed by atoms with van der Waals surface area (Å²) in [6.45, 7) is 1.90. The first-order valence-corrected chi connectivity index (χ1v) is 6.46. The van der Waals surface area contributed by atoms with Crippen LogP contribution in [-0.4, -0.2) is 55.9 Å². The quantitative estimate of drug-likeness (QED) is 0.799. The van der Waals surface area contributed by atoms with Gasteiger partial charge in [0.05, 0.1) is 13.2 Å². The van der Waals surface area contributed by atoms with Crippen molar-refractivity contribution in [3.8, 4) is 0 Å². The summed E-state index contributed by atoms with van der Waals surface area (Å²) in [5.41, 5.74) is 0. The zero-order valence-electron chi connectivity index (χ0n) is 10.7. The summed E-state index contributed by atoms with van der Waals surface area (Å²) in [6.07, 6.45) is 3.29. The first-order chi connectivity index (χ1) is 8.72. The minimum atomic E-state index is -0.426. The highest BCUT2D eigenvalue weighted by Crippen LogP contribution is 2.18. The second kappa shape index (κ2) is 6.04. The largest absolute Gasteiger partial charge is 0.453 e. The molecule has 2 rings (SSSR count). The van der Waals surface area contributed by atoms with Gasteiger partial charge in [-0.25, -0.2) is 4.79 Å². The zero-order chi connectivity index (χ0) is 13.0. The maximum atomic E-state index is 12.0. The van der Waals surface area contributed by atoms with Gasteiger partial charge in [-0.3, -0.25) is 9.69 Å². The molecule has 0 aliphatic carbocycles. The van der Waals surface area contributed by atoms with Crippen LogP contribution in [-0.2, 0) is 14.3 Å². The summed E-state index contributed by atoms with van der Waals surface area (Å²) in [7, 11) is 1.34. The monoisotopic (exact) mass is 256 g/mol. The van der Waals surface area contributed by atoms with Crippen LogP contribution < -0.4 is 5.32 Å². The lowest BCUT2D eigenvalue weighted by Gasteiger charge is -2.23. The molecule has 2 aliphatic rings. The van der Waals surface area contributed by atoms with Crippen LogP contribution in [0.3, 0.4) is 0 Å². The van der Waals surface area contributed by atoms with E-state index in [1.807, 2.05) is 0 Å². The van der Waals surface area contributed by atoms with Crippen LogP contribution in [0.4, 0.5) is 4.79 Å². The molecule has 6 nitrogen and oxygen atoms in total. The topological polar surface area (TPSA) is 67.9 Å². The maximum Gasteiger partial charge on any atom is 0.410 e. The number of methoxy groups -OCH3 is 1. The molecule has 2 amide bonds. The molecule has 2 unspecified atom stereocenters. The van der Waals surface area contributed by atoms with Crippen LogP contribution in [0.5, 0.6) is 0 Å². The number of ether oxygens (including phenoxy) is 2. The number of amides is 2. The van der Waals surface area contributed by atoms with Gasteiger partial charge in [0.2, 0.25) is 5.91 Å². The summed E-state index contributed by atoms with van der Waals surface area (Å²) in [4.78, 5) is 25.0. The second-order valence-electron chi connectivity index (χ2n) is 4.70. The third-order valence-corrected chi connectivity index (χ3v) is 3.49.